The third kappa shape index (κ3) is 5.69. The van der Waals surface area contributed by atoms with E-state index < -0.39 is 17.7 Å². The predicted molar refractivity (Wildman–Crippen MR) is 143 cm³/mol. The van der Waals surface area contributed by atoms with Crippen LogP contribution < -0.4 is 9.47 Å². The lowest BCUT2D eigenvalue weighted by atomic mass is 9.94. The van der Waals surface area contributed by atoms with Crippen molar-refractivity contribution in [1.82, 2.24) is 4.90 Å². The molecule has 0 bridgehead atoms. The van der Waals surface area contributed by atoms with Crippen LogP contribution in [0.2, 0.25) is 0 Å². The van der Waals surface area contributed by atoms with Gasteiger partial charge in [0.15, 0.2) is 0 Å². The molecule has 0 spiro atoms. The average Bonchev–Trinajstić information content (AvgIpc) is 3.17. The maximum absolute atomic E-state index is 13.2. The topological polar surface area (TPSA) is 76.1 Å². The molecule has 0 radical (unpaired) electrons. The Kier molecular flexibility index (Phi) is 8.29. The van der Waals surface area contributed by atoms with Crippen molar-refractivity contribution in [2.45, 2.75) is 46.3 Å². The van der Waals surface area contributed by atoms with Gasteiger partial charge in [-0.2, -0.15) is 0 Å². The molecule has 0 saturated carbocycles. The fourth-order valence-electron chi connectivity index (χ4n) is 4.55. The van der Waals surface area contributed by atoms with E-state index in [-0.39, 0.29) is 11.3 Å². The van der Waals surface area contributed by atoms with E-state index in [4.69, 9.17) is 9.47 Å². The summed E-state index contributed by atoms with van der Waals surface area (Å²) in [5.74, 6) is -0.0535. The van der Waals surface area contributed by atoms with Crippen molar-refractivity contribution in [2.75, 3.05) is 13.2 Å². The summed E-state index contributed by atoms with van der Waals surface area (Å²) in [6.07, 6.45) is 1.63. The normalized spacial score (nSPS) is 16.7. The molecule has 0 aromatic heterocycles. The summed E-state index contributed by atoms with van der Waals surface area (Å²) in [5.41, 5.74) is 3.19. The number of hydrogen-bond donors (Lipinski definition) is 1. The molecule has 3 aromatic carbocycles. The number of ketones is 1. The number of unbranched alkanes of at least 4 members (excludes halogenated alkanes) is 1. The van der Waals surface area contributed by atoms with Gasteiger partial charge in [0.2, 0.25) is 0 Å². The highest BCUT2D eigenvalue weighted by molar-refractivity contribution is 6.46. The highest BCUT2D eigenvalue weighted by atomic mass is 16.5. The van der Waals surface area contributed by atoms with Gasteiger partial charge >= 0.3 is 0 Å². The van der Waals surface area contributed by atoms with E-state index in [1.54, 1.807) is 23.1 Å². The van der Waals surface area contributed by atoms with Crippen molar-refractivity contribution in [3.8, 4) is 11.5 Å². The number of amides is 1. The minimum absolute atomic E-state index is 0.0996. The van der Waals surface area contributed by atoms with Crippen LogP contribution in [0, 0.1) is 6.92 Å². The van der Waals surface area contributed by atoms with E-state index in [0.717, 1.165) is 29.5 Å². The second-order valence-electron chi connectivity index (χ2n) is 9.10. The van der Waals surface area contributed by atoms with Crippen LogP contribution in [-0.2, 0) is 16.2 Å². The lowest BCUT2D eigenvalue weighted by molar-refractivity contribution is -0.139. The predicted octanol–water partition coefficient (Wildman–Crippen LogP) is 6.19. The summed E-state index contributed by atoms with van der Waals surface area (Å²) in [4.78, 5) is 27.8. The van der Waals surface area contributed by atoms with Gasteiger partial charge in [-0.1, -0.05) is 55.8 Å². The third-order valence-corrected chi connectivity index (χ3v) is 6.48. The van der Waals surface area contributed by atoms with E-state index in [2.05, 4.69) is 0 Å². The van der Waals surface area contributed by atoms with E-state index in [1.807, 2.05) is 75.4 Å². The Labute approximate surface area is 218 Å². The first-order chi connectivity index (χ1) is 17.9. The third-order valence-electron chi connectivity index (χ3n) is 6.48. The smallest absolute Gasteiger partial charge is 0.295 e. The SMILES string of the molecule is CCCCN1C(=O)C(=O)/C(=C(\O)c2ccc(OCc3ccccc3)c(C)c2)C1c1ccc(OCC)cc1. The molecule has 3 aromatic rings. The number of rotatable bonds is 10. The Bertz CT molecular complexity index is 1280. The van der Waals surface area contributed by atoms with Gasteiger partial charge in [0.1, 0.15) is 23.9 Å². The minimum Gasteiger partial charge on any atom is -0.507 e. The van der Waals surface area contributed by atoms with Gasteiger partial charge in [-0.3, -0.25) is 9.59 Å². The van der Waals surface area contributed by atoms with Crippen LogP contribution in [0.15, 0.2) is 78.4 Å². The molecule has 1 unspecified atom stereocenters. The Morgan fingerprint density at radius 2 is 1.68 bits per heavy atom. The Morgan fingerprint density at radius 3 is 2.32 bits per heavy atom. The summed E-state index contributed by atoms with van der Waals surface area (Å²) in [6.45, 7) is 7.23. The Balaban J connectivity index is 1.68. The Hall–Kier alpha value is -4.06. The van der Waals surface area contributed by atoms with E-state index in [9.17, 15) is 14.7 Å². The van der Waals surface area contributed by atoms with Crippen molar-refractivity contribution in [3.63, 3.8) is 0 Å². The number of carbonyl (C=O) groups excluding carboxylic acids is 2. The van der Waals surface area contributed by atoms with Crippen LogP contribution in [-0.4, -0.2) is 34.8 Å². The lowest BCUT2D eigenvalue weighted by Crippen LogP contribution is -2.30. The largest absolute Gasteiger partial charge is 0.507 e. The highest BCUT2D eigenvalue weighted by Crippen LogP contribution is 2.40. The molecule has 1 N–H and O–H groups in total. The molecule has 37 heavy (non-hydrogen) atoms. The highest BCUT2D eigenvalue weighted by Gasteiger charge is 2.45. The number of hydrogen-bond acceptors (Lipinski definition) is 5. The van der Waals surface area contributed by atoms with Crippen LogP contribution in [0.5, 0.6) is 11.5 Å². The summed E-state index contributed by atoms with van der Waals surface area (Å²) in [5, 5.41) is 11.4. The van der Waals surface area contributed by atoms with E-state index in [1.165, 1.54) is 0 Å². The van der Waals surface area contributed by atoms with Gasteiger partial charge in [0.25, 0.3) is 11.7 Å². The van der Waals surface area contributed by atoms with Crippen LogP contribution in [0.3, 0.4) is 0 Å². The maximum atomic E-state index is 13.2. The fourth-order valence-corrected chi connectivity index (χ4v) is 4.55. The number of aliphatic hydroxyl groups excluding tert-OH is 1. The van der Waals surface area contributed by atoms with Gasteiger partial charge in [-0.05, 0) is 67.3 Å². The first-order valence-electron chi connectivity index (χ1n) is 12.7. The van der Waals surface area contributed by atoms with E-state index >= 15 is 0 Å². The number of ether oxygens (including phenoxy) is 2. The van der Waals surface area contributed by atoms with Crippen molar-refractivity contribution in [1.29, 1.82) is 0 Å². The van der Waals surface area contributed by atoms with Crippen LogP contribution in [0.4, 0.5) is 0 Å². The summed E-state index contributed by atoms with van der Waals surface area (Å²) in [7, 11) is 0. The number of benzene rings is 3. The number of likely N-dealkylation sites (tertiary alicyclic amines) is 1. The number of aryl methyl sites for hydroxylation is 1. The summed E-state index contributed by atoms with van der Waals surface area (Å²) in [6, 6.07) is 21.8. The zero-order valence-electron chi connectivity index (χ0n) is 21.6. The van der Waals surface area contributed by atoms with Gasteiger partial charge in [0.05, 0.1) is 18.2 Å². The molecule has 1 heterocycles. The van der Waals surface area contributed by atoms with Crippen molar-refractivity contribution >= 4 is 17.4 Å². The number of aliphatic hydroxyl groups is 1. The molecule has 1 saturated heterocycles. The van der Waals surface area contributed by atoms with Crippen LogP contribution in [0.25, 0.3) is 5.76 Å². The molecule has 192 valence electrons. The van der Waals surface area contributed by atoms with Gasteiger partial charge in [-0.15, -0.1) is 0 Å². The molecule has 6 heteroatoms. The van der Waals surface area contributed by atoms with Gasteiger partial charge in [-0.25, -0.2) is 0 Å². The molecule has 1 aliphatic rings. The van der Waals surface area contributed by atoms with Crippen LogP contribution in [0.1, 0.15) is 55.0 Å². The molecule has 1 aliphatic heterocycles. The monoisotopic (exact) mass is 499 g/mol. The Morgan fingerprint density at radius 1 is 0.946 bits per heavy atom. The first kappa shape index (κ1) is 26.0. The molecule has 0 aliphatic carbocycles. The molecule has 4 rings (SSSR count). The van der Waals surface area contributed by atoms with Crippen molar-refractivity contribution < 1.29 is 24.2 Å². The number of nitrogens with zero attached hydrogens (tertiary/aromatic N) is 1. The summed E-state index contributed by atoms with van der Waals surface area (Å²) < 4.78 is 11.5. The molecule has 1 amide bonds. The zero-order chi connectivity index (χ0) is 26.4. The molecular weight excluding hydrogens is 466 g/mol. The molecule has 1 fully saturated rings. The minimum atomic E-state index is -0.672. The van der Waals surface area contributed by atoms with E-state index in [0.29, 0.717) is 36.8 Å². The van der Waals surface area contributed by atoms with Crippen molar-refractivity contribution in [2.24, 2.45) is 0 Å². The second kappa shape index (κ2) is 11.8. The zero-order valence-corrected chi connectivity index (χ0v) is 21.6. The van der Waals surface area contributed by atoms with Crippen LogP contribution >= 0.6 is 0 Å². The lowest BCUT2D eigenvalue weighted by Gasteiger charge is -2.25. The number of carbonyl (C=O) groups is 2. The average molecular weight is 500 g/mol. The first-order valence-corrected chi connectivity index (χ1v) is 12.7. The summed E-state index contributed by atoms with van der Waals surface area (Å²) >= 11 is 0. The second-order valence-corrected chi connectivity index (χ2v) is 9.10. The molecule has 1 atom stereocenters. The van der Waals surface area contributed by atoms with Crippen molar-refractivity contribution in [3.05, 3.63) is 101 Å². The van der Waals surface area contributed by atoms with Gasteiger partial charge in [0, 0.05) is 12.1 Å². The standard InChI is InChI=1S/C31H33NO5/c1-4-6-18-32-28(23-12-15-25(16-13-23)36-5-2)27(30(34)31(32)35)29(33)24-14-17-26(21(3)19-24)37-20-22-10-8-7-9-11-22/h7-17,19,28,33H,4-6,18,20H2,1-3H3/b29-27-. The molecule has 6 nitrogen and oxygen atoms in total. The maximum Gasteiger partial charge on any atom is 0.295 e. The fraction of sp³-hybridized carbons (Fsp3) is 0.290. The quantitative estimate of drug-likeness (QED) is 0.204. The van der Waals surface area contributed by atoms with Gasteiger partial charge < -0.3 is 19.5 Å². The number of Topliss-reactive ketones (excluding diaryl/α,β-unsaturated/α-hetero) is 1. The molecular formula is C31H33NO5.